The van der Waals surface area contributed by atoms with Crippen LogP contribution in [-0.4, -0.2) is 0 Å². The first kappa shape index (κ1) is 11.7. The Bertz CT molecular complexity index is 568. The first-order valence-electron chi connectivity index (χ1n) is 6.06. The lowest BCUT2D eigenvalue weighted by Crippen LogP contribution is -1.80. The second-order valence-corrected chi connectivity index (χ2v) is 6.11. The van der Waals surface area contributed by atoms with Crippen LogP contribution in [0.3, 0.4) is 0 Å². The summed E-state index contributed by atoms with van der Waals surface area (Å²) in [5.41, 5.74) is 2.98. The van der Waals surface area contributed by atoms with Gasteiger partial charge in [0.15, 0.2) is 0 Å². The summed E-state index contributed by atoms with van der Waals surface area (Å²) < 4.78 is 2.82. The Morgan fingerprint density at radius 2 is 1.22 bits per heavy atom. The van der Waals surface area contributed by atoms with Crippen molar-refractivity contribution in [2.24, 2.45) is 0 Å². The zero-order chi connectivity index (χ0) is 12.2. The van der Waals surface area contributed by atoms with Crippen LogP contribution in [0.25, 0.3) is 9.40 Å². The van der Waals surface area contributed by atoms with Crippen LogP contribution >= 0.6 is 22.7 Å². The molecule has 0 bridgehead atoms. The van der Waals surface area contributed by atoms with Crippen molar-refractivity contribution in [2.75, 3.05) is 0 Å². The molecule has 4 rings (SSSR count). The smallest absolute Gasteiger partial charge is 0.0450 e. The maximum atomic E-state index is 2.21. The summed E-state index contributed by atoms with van der Waals surface area (Å²) in [6.07, 6.45) is 15.4. The molecule has 0 N–H and O–H groups in total. The van der Waals surface area contributed by atoms with Gasteiger partial charge in [-0.3, -0.25) is 0 Å². The topological polar surface area (TPSA) is 0 Å². The average molecular weight is 270 g/mol. The number of allylic oxidation sites excluding steroid dienone is 8. The zero-order valence-corrected chi connectivity index (χ0v) is 11.6. The van der Waals surface area contributed by atoms with Crippen LogP contribution in [0.15, 0.2) is 70.5 Å². The van der Waals surface area contributed by atoms with Crippen LogP contribution in [-0.2, 0) is 0 Å². The van der Waals surface area contributed by atoms with Crippen LogP contribution in [0.4, 0.5) is 0 Å². The van der Waals surface area contributed by atoms with Crippen molar-refractivity contribution >= 4 is 32.1 Å². The van der Waals surface area contributed by atoms with Gasteiger partial charge in [0.25, 0.3) is 0 Å². The summed E-state index contributed by atoms with van der Waals surface area (Å²) >= 11 is 3.61. The summed E-state index contributed by atoms with van der Waals surface area (Å²) in [7, 11) is 0. The summed E-state index contributed by atoms with van der Waals surface area (Å²) in [6, 6.07) is 4.31. The Hall–Kier alpha value is -1.38. The van der Waals surface area contributed by atoms with E-state index in [0.717, 1.165) is 12.8 Å². The fourth-order valence-corrected chi connectivity index (χ4v) is 3.89. The highest BCUT2D eigenvalue weighted by molar-refractivity contribution is 7.25. The normalized spacial score (nSPS) is 16.7. The van der Waals surface area contributed by atoms with Crippen molar-refractivity contribution in [1.29, 1.82) is 0 Å². The van der Waals surface area contributed by atoms with Crippen molar-refractivity contribution in [3.05, 3.63) is 70.5 Å². The van der Waals surface area contributed by atoms with Gasteiger partial charge in [-0.25, -0.2) is 0 Å². The third-order valence-electron chi connectivity index (χ3n) is 3.03. The van der Waals surface area contributed by atoms with E-state index < -0.39 is 0 Å². The monoisotopic (exact) mass is 270 g/mol. The Morgan fingerprint density at radius 3 is 1.61 bits per heavy atom. The largest absolute Gasteiger partial charge is 0.143 e. The Morgan fingerprint density at radius 1 is 0.722 bits per heavy atom. The maximum Gasteiger partial charge on any atom is 0.0450 e. The van der Waals surface area contributed by atoms with E-state index in [4.69, 9.17) is 0 Å². The molecule has 2 heterocycles. The van der Waals surface area contributed by atoms with E-state index in [-0.39, 0.29) is 0 Å². The first-order valence-corrected chi connectivity index (χ1v) is 7.82. The van der Waals surface area contributed by atoms with Gasteiger partial charge in [-0.2, -0.15) is 0 Å². The van der Waals surface area contributed by atoms with Gasteiger partial charge < -0.3 is 0 Å². The lowest BCUT2D eigenvalue weighted by atomic mass is 10.1. The number of rotatable bonds is 1. The molecular formula is C16H14S2. The lowest BCUT2D eigenvalue weighted by molar-refractivity contribution is 1.18. The van der Waals surface area contributed by atoms with Crippen LogP contribution in [0.1, 0.15) is 12.8 Å². The Balaban J connectivity index is 0.000000114. The molecule has 0 unspecified atom stereocenters. The molecule has 0 saturated heterocycles. The summed E-state index contributed by atoms with van der Waals surface area (Å²) in [6.45, 7) is 0. The van der Waals surface area contributed by atoms with Gasteiger partial charge in [0.05, 0.1) is 0 Å². The Labute approximate surface area is 115 Å². The number of hydrogen-bond acceptors (Lipinski definition) is 2. The second-order valence-electron chi connectivity index (χ2n) is 4.22. The molecule has 2 aliphatic carbocycles. The molecule has 2 aromatic rings. The van der Waals surface area contributed by atoms with Gasteiger partial charge in [-0.05, 0) is 46.9 Å². The van der Waals surface area contributed by atoms with Crippen molar-refractivity contribution in [3.63, 3.8) is 0 Å². The summed E-state index contributed by atoms with van der Waals surface area (Å²) in [5.74, 6) is 0. The fourth-order valence-electron chi connectivity index (χ4n) is 2.07. The van der Waals surface area contributed by atoms with E-state index in [0.29, 0.717) is 0 Å². The average Bonchev–Trinajstić information content (AvgIpc) is 3.16. The van der Waals surface area contributed by atoms with Crippen molar-refractivity contribution in [2.45, 2.75) is 12.8 Å². The molecule has 2 heteroatoms. The molecule has 90 valence electrons. The minimum absolute atomic E-state index is 1.13. The molecule has 0 amide bonds. The highest BCUT2D eigenvalue weighted by Gasteiger charge is 2.05. The number of thiophene rings is 2. The molecule has 0 aliphatic heterocycles. The molecule has 0 atom stereocenters. The van der Waals surface area contributed by atoms with Crippen molar-refractivity contribution in [1.82, 2.24) is 0 Å². The molecule has 2 aromatic heterocycles. The minimum Gasteiger partial charge on any atom is -0.143 e. The van der Waals surface area contributed by atoms with E-state index in [1.165, 1.54) is 20.5 Å². The Kier molecular flexibility index (Phi) is 3.58. The fraction of sp³-hybridized carbons (Fsp3) is 0.125. The molecular weight excluding hydrogens is 256 g/mol. The molecule has 0 saturated carbocycles. The van der Waals surface area contributed by atoms with Crippen molar-refractivity contribution in [3.8, 4) is 0 Å². The second kappa shape index (κ2) is 5.51. The first-order chi connectivity index (χ1) is 8.93. The van der Waals surface area contributed by atoms with Crippen LogP contribution in [0.5, 0.6) is 0 Å². The molecule has 18 heavy (non-hydrogen) atoms. The van der Waals surface area contributed by atoms with Gasteiger partial charge in [0, 0.05) is 9.40 Å². The predicted octanol–water partition coefficient (Wildman–Crippen LogP) is 5.72. The zero-order valence-electron chi connectivity index (χ0n) is 10.0. The standard InChI is InChI=1S/C10H10.C6H4S2/c1-2-6-9(5-1)10-7-3-4-8-10;1-3-7-6-2-4-8-5(1)6/h1-5,7H,6,8H2;1-4H. The van der Waals surface area contributed by atoms with E-state index in [1.54, 1.807) is 22.7 Å². The van der Waals surface area contributed by atoms with Crippen LogP contribution in [0, 0.1) is 0 Å². The highest BCUT2D eigenvalue weighted by atomic mass is 32.1. The molecule has 0 nitrogen and oxygen atoms in total. The van der Waals surface area contributed by atoms with E-state index in [9.17, 15) is 0 Å². The van der Waals surface area contributed by atoms with Crippen LogP contribution in [0.2, 0.25) is 0 Å². The lowest BCUT2D eigenvalue weighted by Gasteiger charge is -1.99. The highest BCUT2D eigenvalue weighted by Crippen LogP contribution is 2.26. The van der Waals surface area contributed by atoms with Gasteiger partial charge in [-0.15, -0.1) is 22.7 Å². The predicted molar refractivity (Wildman–Crippen MR) is 83.4 cm³/mol. The summed E-state index contributed by atoms with van der Waals surface area (Å²) in [5, 5.41) is 4.25. The third kappa shape index (κ3) is 2.55. The van der Waals surface area contributed by atoms with Gasteiger partial charge in [0.1, 0.15) is 0 Å². The molecule has 0 aromatic carbocycles. The molecule has 0 spiro atoms. The van der Waals surface area contributed by atoms with Crippen molar-refractivity contribution < 1.29 is 0 Å². The molecule has 0 fully saturated rings. The van der Waals surface area contributed by atoms with E-state index in [2.05, 4.69) is 59.3 Å². The molecule has 2 aliphatic rings. The molecule has 0 radical (unpaired) electrons. The van der Waals surface area contributed by atoms with Gasteiger partial charge >= 0.3 is 0 Å². The number of hydrogen-bond donors (Lipinski definition) is 0. The van der Waals surface area contributed by atoms with E-state index in [1.807, 2.05) is 0 Å². The maximum absolute atomic E-state index is 2.21. The minimum atomic E-state index is 1.13. The third-order valence-corrected chi connectivity index (χ3v) is 4.92. The van der Waals surface area contributed by atoms with Gasteiger partial charge in [-0.1, -0.05) is 36.5 Å². The van der Waals surface area contributed by atoms with Crippen LogP contribution < -0.4 is 0 Å². The van der Waals surface area contributed by atoms with Gasteiger partial charge in [0.2, 0.25) is 0 Å². The SMILES string of the molecule is C1=CCC(C2=CC=CC2)=C1.c1cc2sccc2s1. The summed E-state index contributed by atoms with van der Waals surface area (Å²) in [4.78, 5) is 0. The number of fused-ring (bicyclic) bond motifs is 1. The van der Waals surface area contributed by atoms with E-state index >= 15 is 0 Å². The quantitative estimate of drug-likeness (QED) is 0.621.